The van der Waals surface area contributed by atoms with Gasteiger partial charge in [-0.2, -0.15) is 0 Å². The maximum absolute atomic E-state index is 6.00. The molecule has 0 atom stereocenters. The average molecular weight is 241 g/mol. The fourth-order valence-electron chi connectivity index (χ4n) is 2.11. The second-order valence-corrected chi connectivity index (χ2v) is 4.67. The van der Waals surface area contributed by atoms with Gasteiger partial charge in [-0.3, -0.25) is 0 Å². The SMILES string of the molecule is COc1cc(N)c(C)c(Cc2cccc(C)c2)c1. The molecule has 0 saturated carbocycles. The molecular formula is C16H19NO. The number of aryl methyl sites for hydroxylation is 1. The summed E-state index contributed by atoms with van der Waals surface area (Å²) in [4.78, 5) is 0. The third-order valence-electron chi connectivity index (χ3n) is 3.24. The van der Waals surface area contributed by atoms with Crippen molar-refractivity contribution in [1.29, 1.82) is 0 Å². The number of methoxy groups -OCH3 is 1. The second-order valence-electron chi connectivity index (χ2n) is 4.67. The lowest BCUT2D eigenvalue weighted by Crippen LogP contribution is -1.99. The predicted molar refractivity (Wildman–Crippen MR) is 76.1 cm³/mol. The van der Waals surface area contributed by atoms with Crippen LogP contribution in [0.2, 0.25) is 0 Å². The number of benzene rings is 2. The predicted octanol–water partition coefficient (Wildman–Crippen LogP) is 3.49. The molecule has 18 heavy (non-hydrogen) atoms. The minimum absolute atomic E-state index is 0.789. The molecule has 2 heteroatoms. The van der Waals surface area contributed by atoms with Gasteiger partial charge in [-0.15, -0.1) is 0 Å². The van der Waals surface area contributed by atoms with Gasteiger partial charge in [0.2, 0.25) is 0 Å². The van der Waals surface area contributed by atoms with Crippen LogP contribution in [-0.4, -0.2) is 7.11 Å². The number of nitrogen functional groups attached to an aromatic ring is 1. The summed E-state index contributed by atoms with van der Waals surface area (Å²) in [6.07, 6.45) is 0.884. The Balaban J connectivity index is 2.36. The van der Waals surface area contributed by atoms with E-state index in [1.807, 2.05) is 6.07 Å². The van der Waals surface area contributed by atoms with Crippen molar-refractivity contribution in [2.45, 2.75) is 20.3 Å². The molecule has 0 saturated heterocycles. The topological polar surface area (TPSA) is 35.2 Å². The summed E-state index contributed by atoms with van der Waals surface area (Å²) in [5.74, 6) is 0.820. The number of nitrogens with two attached hydrogens (primary N) is 1. The Bertz CT molecular complexity index is 561. The molecule has 2 rings (SSSR count). The summed E-state index contributed by atoms with van der Waals surface area (Å²) in [7, 11) is 1.67. The lowest BCUT2D eigenvalue weighted by Gasteiger charge is -2.12. The first-order valence-electron chi connectivity index (χ1n) is 6.08. The Hall–Kier alpha value is -1.96. The standard InChI is InChI=1S/C16H19NO/c1-11-5-4-6-13(7-11)8-14-9-15(18-3)10-16(17)12(14)2/h4-7,9-10H,8,17H2,1-3H3. The fraction of sp³-hybridized carbons (Fsp3) is 0.250. The summed E-state index contributed by atoms with van der Waals surface area (Å²) < 4.78 is 5.27. The van der Waals surface area contributed by atoms with Gasteiger partial charge in [0.25, 0.3) is 0 Å². The van der Waals surface area contributed by atoms with Gasteiger partial charge >= 0.3 is 0 Å². The number of hydrogen-bond donors (Lipinski definition) is 1. The van der Waals surface area contributed by atoms with Crippen LogP contribution in [-0.2, 0) is 6.42 Å². The van der Waals surface area contributed by atoms with E-state index in [1.54, 1.807) is 7.11 Å². The lowest BCUT2D eigenvalue weighted by atomic mass is 9.98. The Morgan fingerprint density at radius 3 is 2.56 bits per heavy atom. The molecule has 0 aliphatic rings. The monoisotopic (exact) mass is 241 g/mol. The van der Waals surface area contributed by atoms with Crippen LogP contribution in [0.1, 0.15) is 22.3 Å². The van der Waals surface area contributed by atoms with Crippen molar-refractivity contribution in [3.8, 4) is 5.75 Å². The third kappa shape index (κ3) is 2.65. The van der Waals surface area contributed by atoms with Crippen molar-refractivity contribution < 1.29 is 4.74 Å². The molecule has 0 aliphatic heterocycles. The normalized spacial score (nSPS) is 10.4. The number of anilines is 1. The minimum atomic E-state index is 0.789. The Labute approximate surface area is 108 Å². The van der Waals surface area contributed by atoms with Crippen LogP contribution in [0.3, 0.4) is 0 Å². The molecule has 0 heterocycles. The molecule has 0 spiro atoms. The first-order chi connectivity index (χ1) is 8.60. The maximum atomic E-state index is 6.00. The van der Waals surface area contributed by atoms with E-state index in [2.05, 4.69) is 44.2 Å². The molecule has 2 nitrogen and oxygen atoms in total. The quantitative estimate of drug-likeness (QED) is 0.835. The molecular weight excluding hydrogens is 222 g/mol. The van der Waals surface area contributed by atoms with Crippen LogP contribution in [0.25, 0.3) is 0 Å². The van der Waals surface area contributed by atoms with Crippen LogP contribution in [0, 0.1) is 13.8 Å². The van der Waals surface area contributed by atoms with Gasteiger partial charge in [-0.25, -0.2) is 0 Å². The fourth-order valence-corrected chi connectivity index (χ4v) is 2.11. The zero-order valence-corrected chi connectivity index (χ0v) is 11.2. The zero-order chi connectivity index (χ0) is 13.1. The van der Waals surface area contributed by atoms with E-state index in [1.165, 1.54) is 16.7 Å². The molecule has 0 unspecified atom stereocenters. The molecule has 0 bridgehead atoms. The first kappa shape index (κ1) is 12.5. The van der Waals surface area contributed by atoms with Gasteiger partial charge in [0, 0.05) is 11.8 Å². The Kier molecular flexibility index (Phi) is 3.56. The lowest BCUT2D eigenvalue weighted by molar-refractivity contribution is 0.414. The van der Waals surface area contributed by atoms with Crippen LogP contribution in [0.5, 0.6) is 5.75 Å². The minimum Gasteiger partial charge on any atom is -0.497 e. The van der Waals surface area contributed by atoms with Crippen LogP contribution < -0.4 is 10.5 Å². The largest absolute Gasteiger partial charge is 0.497 e. The summed E-state index contributed by atoms with van der Waals surface area (Å²) >= 11 is 0. The highest BCUT2D eigenvalue weighted by Gasteiger charge is 2.06. The Morgan fingerprint density at radius 1 is 1.11 bits per heavy atom. The highest BCUT2D eigenvalue weighted by Crippen LogP contribution is 2.26. The highest BCUT2D eigenvalue weighted by atomic mass is 16.5. The van der Waals surface area contributed by atoms with Gasteiger partial charge < -0.3 is 10.5 Å². The molecule has 2 aromatic rings. The highest BCUT2D eigenvalue weighted by molar-refractivity contribution is 5.56. The average Bonchev–Trinajstić information content (AvgIpc) is 2.34. The first-order valence-corrected chi connectivity index (χ1v) is 6.08. The van der Waals surface area contributed by atoms with E-state index in [0.717, 1.165) is 23.4 Å². The van der Waals surface area contributed by atoms with Crippen LogP contribution in [0.15, 0.2) is 36.4 Å². The number of rotatable bonds is 3. The number of hydrogen-bond acceptors (Lipinski definition) is 2. The smallest absolute Gasteiger partial charge is 0.121 e. The molecule has 2 aromatic carbocycles. The molecule has 2 N–H and O–H groups in total. The van der Waals surface area contributed by atoms with E-state index < -0.39 is 0 Å². The van der Waals surface area contributed by atoms with E-state index >= 15 is 0 Å². The summed E-state index contributed by atoms with van der Waals surface area (Å²) in [6.45, 7) is 4.16. The summed E-state index contributed by atoms with van der Waals surface area (Å²) in [5.41, 5.74) is 11.7. The second kappa shape index (κ2) is 5.13. The van der Waals surface area contributed by atoms with Gasteiger partial charge in [0.05, 0.1) is 7.11 Å². The molecule has 0 fully saturated rings. The number of ether oxygens (including phenoxy) is 1. The summed E-state index contributed by atoms with van der Waals surface area (Å²) in [5, 5.41) is 0. The molecule has 94 valence electrons. The van der Waals surface area contributed by atoms with Crippen molar-refractivity contribution in [2.24, 2.45) is 0 Å². The molecule has 0 amide bonds. The van der Waals surface area contributed by atoms with Gasteiger partial charge in [0.15, 0.2) is 0 Å². The van der Waals surface area contributed by atoms with Gasteiger partial charge in [0.1, 0.15) is 5.75 Å². The molecule has 0 radical (unpaired) electrons. The van der Waals surface area contributed by atoms with Gasteiger partial charge in [-0.05, 0) is 43.0 Å². The maximum Gasteiger partial charge on any atom is 0.121 e. The molecule has 0 aliphatic carbocycles. The van der Waals surface area contributed by atoms with Crippen molar-refractivity contribution in [1.82, 2.24) is 0 Å². The van der Waals surface area contributed by atoms with Crippen molar-refractivity contribution in [2.75, 3.05) is 12.8 Å². The van der Waals surface area contributed by atoms with Crippen LogP contribution in [0.4, 0.5) is 5.69 Å². The van der Waals surface area contributed by atoms with E-state index in [0.29, 0.717) is 0 Å². The van der Waals surface area contributed by atoms with Gasteiger partial charge in [-0.1, -0.05) is 29.8 Å². The molecule has 0 aromatic heterocycles. The van der Waals surface area contributed by atoms with E-state index in [9.17, 15) is 0 Å². The van der Waals surface area contributed by atoms with Crippen molar-refractivity contribution >= 4 is 5.69 Å². The third-order valence-corrected chi connectivity index (χ3v) is 3.24. The van der Waals surface area contributed by atoms with E-state index in [-0.39, 0.29) is 0 Å². The van der Waals surface area contributed by atoms with Crippen molar-refractivity contribution in [3.63, 3.8) is 0 Å². The van der Waals surface area contributed by atoms with E-state index in [4.69, 9.17) is 10.5 Å². The zero-order valence-electron chi connectivity index (χ0n) is 11.2. The summed E-state index contributed by atoms with van der Waals surface area (Å²) in [6, 6.07) is 12.5. The Morgan fingerprint density at radius 2 is 1.89 bits per heavy atom. The van der Waals surface area contributed by atoms with Crippen LogP contribution >= 0.6 is 0 Å². The van der Waals surface area contributed by atoms with Crippen molar-refractivity contribution in [3.05, 3.63) is 58.7 Å².